The highest BCUT2D eigenvalue weighted by Gasteiger charge is 2.38. The molecule has 15 heavy (non-hydrogen) atoms. The van der Waals surface area contributed by atoms with Crippen LogP contribution in [0.25, 0.3) is 0 Å². The van der Waals surface area contributed by atoms with Gasteiger partial charge in [-0.3, -0.25) is 0 Å². The summed E-state index contributed by atoms with van der Waals surface area (Å²) in [5.74, 6) is 1.59. The maximum absolute atomic E-state index is 5.84. The summed E-state index contributed by atoms with van der Waals surface area (Å²) in [7, 11) is 0. The molecule has 1 saturated carbocycles. The van der Waals surface area contributed by atoms with Gasteiger partial charge in [0, 0.05) is 0 Å². The topological polar surface area (TPSA) is 18.5 Å². The Morgan fingerprint density at radius 1 is 1.27 bits per heavy atom. The molecule has 0 unspecified atom stereocenters. The number of hydrogen-bond donors (Lipinski definition) is 0. The minimum atomic E-state index is -0.448. The average Bonchev–Trinajstić information content (AvgIpc) is 2.52. The first kappa shape index (κ1) is 11.2. The Bertz CT molecular complexity index is 257. The molecule has 0 amide bonds. The Morgan fingerprint density at radius 3 is 2.73 bits per heavy atom. The molecule has 1 aliphatic heterocycles. The molecule has 2 nitrogen and oxygen atoms in total. The van der Waals surface area contributed by atoms with Crippen LogP contribution in [0.3, 0.4) is 0 Å². The van der Waals surface area contributed by atoms with Crippen LogP contribution in [-0.2, 0) is 9.47 Å². The summed E-state index contributed by atoms with van der Waals surface area (Å²) in [6, 6.07) is 0. The first-order valence-corrected chi connectivity index (χ1v) is 5.95. The normalized spacial score (nSPS) is 40.7. The van der Waals surface area contributed by atoms with Crippen molar-refractivity contribution >= 4 is 0 Å². The maximum Gasteiger partial charge on any atom is 0.163 e. The van der Waals surface area contributed by atoms with E-state index in [4.69, 9.17) is 9.47 Å². The van der Waals surface area contributed by atoms with E-state index in [2.05, 4.69) is 13.5 Å². The Labute approximate surface area is 92.6 Å². The first-order chi connectivity index (χ1) is 6.99. The van der Waals surface area contributed by atoms with E-state index in [1.807, 2.05) is 13.8 Å². The number of fused-ring (bicyclic) bond motifs is 1. The van der Waals surface area contributed by atoms with E-state index >= 15 is 0 Å². The summed E-state index contributed by atoms with van der Waals surface area (Å²) >= 11 is 0. The molecule has 0 radical (unpaired) electrons. The summed E-state index contributed by atoms with van der Waals surface area (Å²) in [4.78, 5) is 0. The third kappa shape index (κ3) is 2.26. The van der Waals surface area contributed by atoms with Crippen LogP contribution in [0.1, 0.15) is 33.6 Å². The van der Waals surface area contributed by atoms with Gasteiger partial charge in [0.2, 0.25) is 0 Å². The van der Waals surface area contributed by atoms with Crippen LogP contribution in [0.15, 0.2) is 12.2 Å². The van der Waals surface area contributed by atoms with E-state index in [9.17, 15) is 0 Å². The van der Waals surface area contributed by atoms with Crippen LogP contribution in [0, 0.1) is 17.8 Å². The lowest BCUT2D eigenvalue weighted by Gasteiger charge is -2.35. The maximum atomic E-state index is 5.84. The van der Waals surface area contributed by atoms with E-state index in [1.54, 1.807) is 0 Å². The Kier molecular flexibility index (Phi) is 2.91. The molecule has 1 heterocycles. The zero-order valence-corrected chi connectivity index (χ0v) is 10.1. The predicted molar refractivity (Wildman–Crippen MR) is 60.5 cm³/mol. The van der Waals surface area contributed by atoms with Crippen molar-refractivity contribution in [2.24, 2.45) is 17.8 Å². The van der Waals surface area contributed by atoms with Gasteiger partial charge in [0.1, 0.15) is 0 Å². The molecule has 1 saturated heterocycles. The molecule has 2 fully saturated rings. The predicted octanol–water partition coefficient (Wildman–Crippen LogP) is 2.99. The van der Waals surface area contributed by atoms with Gasteiger partial charge in [0.15, 0.2) is 5.79 Å². The van der Waals surface area contributed by atoms with Crippen molar-refractivity contribution in [2.45, 2.75) is 39.4 Å². The zero-order chi connectivity index (χ0) is 11.1. The van der Waals surface area contributed by atoms with Crippen molar-refractivity contribution in [3.05, 3.63) is 12.2 Å². The largest absolute Gasteiger partial charge is 0.350 e. The molecule has 2 rings (SSSR count). The highest BCUT2D eigenvalue weighted by atomic mass is 16.7. The van der Waals surface area contributed by atoms with Gasteiger partial charge < -0.3 is 9.47 Å². The SMILES string of the molecule is C=C1COC(C)(C)OC[C@H]2[C@@H]1CC[C@@H]2C. The molecule has 0 bridgehead atoms. The summed E-state index contributed by atoms with van der Waals surface area (Å²) in [5.41, 5.74) is 1.26. The van der Waals surface area contributed by atoms with E-state index in [-0.39, 0.29) is 0 Å². The van der Waals surface area contributed by atoms with Gasteiger partial charge in [0.05, 0.1) is 13.2 Å². The lowest BCUT2D eigenvalue weighted by Crippen LogP contribution is -2.37. The van der Waals surface area contributed by atoms with Crippen LogP contribution in [-0.4, -0.2) is 19.0 Å². The van der Waals surface area contributed by atoms with Crippen LogP contribution >= 0.6 is 0 Å². The van der Waals surface area contributed by atoms with Gasteiger partial charge in [-0.15, -0.1) is 0 Å². The molecule has 1 aliphatic carbocycles. The molecule has 86 valence electrons. The minimum Gasteiger partial charge on any atom is -0.350 e. The highest BCUT2D eigenvalue weighted by molar-refractivity contribution is 5.08. The fourth-order valence-electron chi connectivity index (χ4n) is 2.77. The summed E-state index contributed by atoms with van der Waals surface area (Å²) in [5, 5.41) is 0. The van der Waals surface area contributed by atoms with Crippen LogP contribution in [0.2, 0.25) is 0 Å². The van der Waals surface area contributed by atoms with Crippen LogP contribution in [0.4, 0.5) is 0 Å². The Hall–Kier alpha value is -0.340. The number of hydrogen-bond acceptors (Lipinski definition) is 2. The van der Waals surface area contributed by atoms with E-state index < -0.39 is 5.79 Å². The first-order valence-electron chi connectivity index (χ1n) is 5.95. The van der Waals surface area contributed by atoms with Crippen molar-refractivity contribution in [1.29, 1.82) is 0 Å². The molecule has 3 atom stereocenters. The molecule has 2 aliphatic rings. The van der Waals surface area contributed by atoms with Gasteiger partial charge >= 0.3 is 0 Å². The van der Waals surface area contributed by atoms with Gasteiger partial charge in [-0.2, -0.15) is 0 Å². The summed E-state index contributed by atoms with van der Waals surface area (Å²) in [6.45, 7) is 12.0. The molecular weight excluding hydrogens is 188 g/mol. The molecule has 0 aromatic heterocycles. The fraction of sp³-hybridized carbons (Fsp3) is 0.846. The standard InChI is InChI=1S/C13H22O2/c1-9-5-6-11-10(2)7-14-13(3,4)15-8-12(9)11/h9,11-12H,2,5-8H2,1,3-4H3/t9-,11+,12+/m0/s1. The van der Waals surface area contributed by atoms with Crippen LogP contribution < -0.4 is 0 Å². The molecule has 0 spiro atoms. The van der Waals surface area contributed by atoms with E-state index in [1.165, 1.54) is 18.4 Å². The van der Waals surface area contributed by atoms with Crippen molar-refractivity contribution in [3.63, 3.8) is 0 Å². The molecular formula is C13H22O2. The summed E-state index contributed by atoms with van der Waals surface area (Å²) in [6.07, 6.45) is 2.57. The van der Waals surface area contributed by atoms with Crippen LogP contribution in [0.5, 0.6) is 0 Å². The van der Waals surface area contributed by atoms with Crippen molar-refractivity contribution in [2.75, 3.05) is 13.2 Å². The van der Waals surface area contributed by atoms with Gasteiger partial charge in [-0.1, -0.05) is 13.5 Å². The third-order valence-electron chi connectivity index (χ3n) is 3.93. The second-order valence-electron chi connectivity index (χ2n) is 5.48. The van der Waals surface area contributed by atoms with Gasteiger partial charge in [0.25, 0.3) is 0 Å². The molecule has 0 N–H and O–H groups in total. The van der Waals surface area contributed by atoms with Crippen molar-refractivity contribution < 1.29 is 9.47 Å². The number of ether oxygens (including phenoxy) is 2. The second-order valence-corrected chi connectivity index (χ2v) is 5.48. The van der Waals surface area contributed by atoms with Crippen molar-refractivity contribution in [3.8, 4) is 0 Å². The van der Waals surface area contributed by atoms with Crippen molar-refractivity contribution in [1.82, 2.24) is 0 Å². The van der Waals surface area contributed by atoms with Gasteiger partial charge in [-0.05, 0) is 50.0 Å². The third-order valence-corrected chi connectivity index (χ3v) is 3.93. The van der Waals surface area contributed by atoms with E-state index in [0.29, 0.717) is 18.4 Å². The lowest BCUT2D eigenvalue weighted by atomic mass is 9.86. The quantitative estimate of drug-likeness (QED) is 0.572. The smallest absolute Gasteiger partial charge is 0.163 e. The lowest BCUT2D eigenvalue weighted by molar-refractivity contribution is -0.224. The minimum absolute atomic E-state index is 0.448. The Balaban J connectivity index is 2.12. The average molecular weight is 210 g/mol. The number of rotatable bonds is 0. The highest BCUT2D eigenvalue weighted by Crippen LogP contribution is 2.42. The fourth-order valence-corrected chi connectivity index (χ4v) is 2.77. The Morgan fingerprint density at radius 2 is 2.00 bits per heavy atom. The zero-order valence-electron chi connectivity index (χ0n) is 10.1. The molecule has 0 aromatic rings. The van der Waals surface area contributed by atoms with Gasteiger partial charge in [-0.25, -0.2) is 0 Å². The summed E-state index contributed by atoms with van der Waals surface area (Å²) < 4.78 is 11.5. The monoisotopic (exact) mass is 210 g/mol. The van der Waals surface area contributed by atoms with E-state index in [0.717, 1.165) is 12.5 Å². The molecule has 0 aromatic carbocycles. The molecule has 2 heteroatoms. The second kappa shape index (κ2) is 3.91.